The Morgan fingerprint density at radius 2 is 2.06 bits per heavy atom. The number of hydrogen-bond acceptors (Lipinski definition) is 4. The fourth-order valence-electron chi connectivity index (χ4n) is 1.22. The second-order valence-electron chi connectivity index (χ2n) is 3.10. The molecular formula is C10H18N5P. The van der Waals surface area contributed by atoms with E-state index in [1.165, 1.54) is 6.16 Å². The molecular weight excluding hydrogens is 221 g/mol. The third kappa shape index (κ3) is 2.89. The maximum atomic E-state index is 4.32. The van der Waals surface area contributed by atoms with Crippen LogP contribution in [0.4, 0.5) is 5.82 Å². The van der Waals surface area contributed by atoms with Crippen molar-refractivity contribution in [2.75, 3.05) is 18.5 Å². The minimum Gasteiger partial charge on any atom is -0.371 e. The van der Waals surface area contributed by atoms with Gasteiger partial charge >= 0.3 is 0 Å². The number of H-pyrrole nitrogens is 1. The van der Waals surface area contributed by atoms with Crippen molar-refractivity contribution in [2.45, 2.75) is 20.3 Å². The molecule has 5 nitrogen and oxygen atoms in total. The van der Waals surface area contributed by atoms with Crippen LogP contribution < -0.4 is 5.32 Å². The van der Waals surface area contributed by atoms with Crippen LogP contribution in [0.3, 0.4) is 0 Å². The number of anilines is 1. The minimum absolute atomic E-state index is 0.719. The van der Waals surface area contributed by atoms with Crippen molar-refractivity contribution in [1.82, 2.24) is 19.9 Å². The first-order chi connectivity index (χ1) is 7.76. The minimum atomic E-state index is 0.719. The van der Waals surface area contributed by atoms with Crippen LogP contribution in [0, 0.1) is 0 Å². The summed E-state index contributed by atoms with van der Waals surface area (Å²) in [4.78, 5) is 15.7. The summed E-state index contributed by atoms with van der Waals surface area (Å²) in [6.07, 6.45) is 3.61. The van der Waals surface area contributed by atoms with E-state index in [-0.39, 0.29) is 0 Å². The topological polar surface area (TPSA) is 66.5 Å². The highest BCUT2D eigenvalue weighted by molar-refractivity contribution is 7.16. The van der Waals surface area contributed by atoms with Crippen molar-refractivity contribution < 1.29 is 0 Å². The van der Waals surface area contributed by atoms with Crippen molar-refractivity contribution in [3.05, 3.63) is 12.2 Å². The lowest BCUT2D eigenvalue weighted by Gasteiger charge is -2.01. The van der Waals surface area contributed by atoms with E-state index in [0.29, 0.717) is 0 Å². The van der Waals surface area contributed by atoms with E-state index in [2.05, 4.69) is 41.4 Å². The molecule has 0 spiro atoms. The molecule has 1 atom stereocenters. The largest absolute Gasteiger partial charge is 0.371 e. The quantitative estimate of drug-likeness (QED) is 0.785. The third-order valence-electron chi connectivity index (χ3n) is 1.88. The molecule has 0 saturated carbocycles. The predicted octanol–water partition coefficient (Wildman–Crippen LogP) is 1.84. The maximum absolute atomic E-state index is 4.32. The smallest absolute Gasteiger partial charge is 0.183 e. The van der Waals surface area contributed by atoms with Gasteiger partial charge in [-0.2, -0.15) is 0 Å². The lowest BCUT2D eigenvalue weighted by atomic mass is 10.4. The van der Waals surface area contributed by atoms with E-state index in [9.17, 15) is 0 Å². The van der Waals surface area contributed by atoms with Gasteiger partial charge in [-0.3, -0.25) is 0 Å². The standard InChI is InChI=1S/C8H11N5.C2H7P/c1-3-5-12-7(9-2)6-8(13-5)11-4-10-6;1-2-3/h4H,3H2,1-2H3,(H2,9,10,11,12,13);2-3H2,1H3. The highest BCUT2D eigenvalue weighted by Gasteiger charge is 2.06. The second-order valence-corrected chi connectivity index (χ2v) is 3.92. The summed E-state index contributed by atoms with van der Waals surface area (Å²) in [6, 6.07) is 0. The third-order valence-corrected chi connectivity index (χ3v) is 1.88. The molecule has 0 bridgehead atoms. The first-order valence-electron chi connectivity index (χ1n) is 5.34. The lowest BCUT2D eigenvalue weighted by Crippen LogP contribution is -2.00. The highest BCUT2D eigenvalue weighted by Crippen LogP contribution is 2.15. The molecule has 0 saturated heterocycles. The molecule has 2 aromatic heterocycles. The van der Waals surface area contributed by atoms with Crippen LogP contribution in [0.25, 0.3) is 11.2 Å². The molecule has 2 aromatic rings. The molecule has 88 valence electrons. The summed E-state index contributed by atoms with van der Waals surface area (Å²) in [6.45, 7) is 4.11. The molecule has 0 radical (unpaired) electrons. The van der Waals surface area contributed by atoms with Crippen LogP contribution in [-0.2, 0) is 6.42 Å². The van der Waals surface area contributed by atoms with Gasteiger partial charge in [-0.1, -0.05) is 13.8 Å². The van der Waals surface area contributed by atoms with Gasteiger partial charge in [0, 0.05) is 13.5 Å². The first-order valence-corrected chi connectivity index (χ1v) is 6.16. The van der Waals surface area contributed by atoms with Gasteiger partial charge < -0.3 is 10.3 Å². The van der Waals surface area contributed by atoms with Gasteiger partial charge in [0.1, 0.15) is 11.3 Å². The van der Waals surface area contributed by atoms with Gasteiger partial charge in [0.2, 0.25) is 0 Å². The van der Waals surface area contributed by atoms with Crippen molar-refractivity contribution in [1.29, 1.82) is 0 Å². The molecule has 0 aromatic carbocycles. The molecule has 0 amide bonds. The van der Waals surface area contributed by atoms with Crippen LogP contribution in [0.1, 0.15) is 19.7 Å². The zero-order valence-electron chi connectivity index (χ0n) is 9.91. The van der Waals surface area contributed by atoms with Crippen molar-refractivity contribution in [3.63, 3.8) is 0 Å². The monoisotopic (exact) mass is 239 g/mol. The Labute approximate surface area is 97.7 Å². The van der Waals surface area contributed by atoms with E-state index in [0.717, 1.165) is 29.2 Å². The van der Waals surface area contributed by atoms with E-state index in [1.54, 1.807) is 6.33 Å². The summed E-state index contributed by atoms with van der Waals surface area (Å²) in [5, 5.41) is 3.01. The zero-order valence-corrected chi connectivity index (χ0v) is 11.1. The number of nitrogens with zero attached hydrogens (tertiary/aromatic N) is 3. The number of aromatic amines is 1. The predicted molar refractivity (Wildman–Crippen MR) is 70.9 cm³/mol. The molecule has 0 aliphatic rings. The average molecular weight is 239 g/mol. The molecule has 1 unspecified atom stereocenters. The van der Waals surface area contributed by atoms with E-state index in [4.69, 9.17) is 0 Å². The Morgan fingerprint density at radius 3 is 2.62 bits per heavy atom. The molecule has 2 rings (SSSR count). The van der Waals surface area contributed by atoms with E-state index < -0.39 is 0 Å². The lowest BCUT2D eigenvalue weighted by molar-refractivity contribution is 0.957. The Balaban J connectivity index is 0.000000386. The van der Waals surface area contributed by atoms with Gasteiger partial charge in [0.05, 0.1) is 6.33 Å². The Kier molecular flexibility index (Phi) is 5.12. The number of nitrogens with one attached hydrogen (secondary N) is 2. The van der Waals surface area contributed by atoms with E-state index in [1.807, 2.05) is 14.0 Å². The summed E-state index contributed by atoms with van der Waals surface area (Å²) in [7, 11) is 4.41. The molecule has 2 N–H and O–H groups in total. The molecule has 6 heteroatoms. The maximum Gasteiger partial charge on any atom is 0.183 e. The van der Waals surface area contributed by atoms with E-state index >= 15 is 0 Å². The number of rotatable bonds is 2. The fourth-order valence-corrected chi connectivity index (χ4v) is 1.22. The summed E-state index contributed by atoms with van der Waals surface area (Å²) >= 11 is 0. The van der Waals surface area contributed by atoms with Gasteiger partial charge in [-0.15, -0.1) is 9.24 Å². The number of aromatic nitrogens is 4. The van der Waals surface area contributed by atoms with Crippen LogP contribution in [0.2, 0.25) is 0 Å². The average Bonchev–Trinajstić information content (AvgIpc) is 2.76. The van der Waals surface area contributed by atoms with Gasteiger partial charge in [0.15, 0.2) is 11.5 Å². The normalized spacial score (nSPS) is 9.75. The zero-order chi connectivity index (χ0) is 12.0. The number of imidazole rings is 1. The number of aryl methyl sites for hydroxylation is 1. The number of hydrogen-bond donors (Lipinski definition) is 2. The van der Waals surface area contributed by atoms with Crippen LogP contribution >= 0.6 is 9.24 Å². The molecule has 0 aliphatic carbocycles. The summed E-state index contributed by atoms with van der Waals surface area (Å²) < 4.78 is 0. The van der Waals surface area contributed by atoms with Crippen molar-refractivity contribution in [2.24, 2.45) is 0 Å². The first kappa shape index (κ1) is 12.8. The Hall–Kier alpha value is -1.22. The molecule has 16 heavy (non-hydrogen) atoms. The Bertz CT molecular complexity index is 440. The SMILES string of the molecule is CCP.CCc1nc(NC)c2[nH]cnc2n1. The van der Waals surface area contributed by atoms with Crippen LogP contribution in [0.15, 0.2) is 6.33 Å². The van der Waals surface area contributed by atoms with Crippen molar-refractivity contribution in [3.8, 4) is 0 Å². The van der Waals surface area contributed by atoms with Gasteiger partial charge in [0.25, 0.3) is 0 Å². The summed E-state index contributed by atoms with van der Waals surface area (Å²) in [5.41, 5.74) is 1.58. The van der Waals surface area contributed by atoms with Crippen molar-refractivity contribution >= 4 is 26.2 Å². The molecule has 0 aliphatic heterocycles. The second kappa shape index (κ2) is 6.38. The van der Waals surface area contributed by atoms with Crippen LogP contribution in [0.5, 0.6) is 0 Å². The molecule has 0 fully saturated rings. The summed E-state index contributed by atoms with van der Waals surface area (Å²) in [5.74, 6) is 1.61. The highest BCUT2D eigenvalue weighted by atomic mass is 31.0. The van der Waals surface area contributed by atoms with Crippen LogP contribution in [-0.4, -0.2) is 33.1 Å². The molecule has 2 heterocycles. The van der Waals surface area contributed by atoms with Gasteiger partial charge in [-0.25, -0.2) is 15.0 Å². The fraction of sp³-hybridized carbons (Fsp3) is 0.500. The Morgan fingerprint density at radius 1 is 1.38 bits per heavy atom. The number of fused-ring (bicyclic) bond motifs is 1. The van der Waals surface area contributed by atoms with Gasteiger partial charge in [-0.05, 0) is 6.16 Å².